The molecule has 0 spiro atoms. The normalized spacial score (nSPS) is 24.8. The molecular formula is C43H52O22. The Hall–Kier alpha value is -6.68. The molecule has 2 fully saturated rings. The first-order valence-electron chi connectivity index (χ1n) is 20.2. The monoisotopic (exact) mass is 920 g/mol. The van der Waals surface area contributed by atoms with E-state index in [0.717, 1.165) is 55.4 Å². The van der Waals surface area contributed by atoms with Crippen LogP contribution in [0.4, 0.5) is 0 Å². The molecule has 22 nitrogen and oxygen atoms in total. The van der Waals surface area contributed by atoms with Gasteiger partial charge < -0.3 is 67.1 Å². The maximum atomic E-state index is 12.4. The number of phenols is 2. The Balaban J connectivity index is 1.65. The molecule has 0 saturated carbocycles. The van der Waals surface area contributed by atoms with Gasteiger partial charge in [0.05, 0.1) is 0 Å². The summed E-state index contributed by atoms with van der Waals surface area (Å²) in [6, 6.07) is 8.36. The quantitative estimate of drug-likeness (QED) is 0.160. The number of phenolic OH excluding ortho intramolecular Hbond substituents is 2. The Morgan fingerprint density at radius 2 is 0.754 bits per heavy atom. The van der Waals surface area contributed by atoms with Gasteiger partial charge in [-0.2, -0.15) is 0 Å². The van der Waals surface area contributed by atoms with E-state index in [9.17, 15) is 48.6 Å². The molecule has 10 atom stereocenters. The molecule has 4 rings (SSSR count). The van der Waals surface area contributed by atoms with Crippen molar-refractivity contribution in [3.05, 3.63) is 47.5 Å². The van der Waals surface area contributed by atoms with E-state index in [4.69, 9.17) is 56.8 Å². The van der Waals surface area contributed by atoms with E-state index in [-0.39, 0.29) is 35.8 Å². The number of carbonyl (C=O) groups excluding carboxylic acids is 8. The van der Waals surface area contributed by atoms with Crippen LogP contribution in [0.2, 0.25) is 0 Å². The second kappa shape index (κ2) is 23.3. The Kier molecular flexibility index (Phi) is 18.3. The molecule has 22 heteroatoms. The molecule has 2 saturated heterocycles. The maximum Gasteiger partial charge on any atom is 0.303 e. The van der Waals surface area contributed by atoms with Crippen molar-refractivity contribution < 1.29 is 105 Å². The second-order valence-corrected chi connectivity index (χ2v) is 14.8. The number of rotatable bonds is 18. The molecule has 2 unspecified atom stereocenters. The van der Waals surface area contributed by atoms with Gasteiger partial charge in [0.2, 0.25) is 24.8 Å². The third kappa shape index (κ3) is 15.2. The fraction of sp³-hybridized carbons (Fsp3) is 0.535. The van der Waals surface area contributed by atoms with Gasteiger partial charge in [0, 0.05) is 67.5 Å². The van der Waals surface area contributed by atoms with Gasteiger partial charge in [-0.05, 0) is 42.5 Å². The summed E-state index contributed by atoms with van der Waals surface area (Å²) < 4.78 is 67.8. The average molecular weight is 921 g/mol. The van der Waals surface area contributed by atoms with E-state index in [1.807, 2.05) is 0 Å². The van der Waals surface area contributed by atoms with Crippen molar-refractivity contribution in [3.63, 3.8) is 0 Å². The molecule has 2 heterocycles. The van der Waals surface area contributed by atoms with Crippen molar-refractivity contribution in [3.8, 4) is 23.0 Å². The van der Waals surface area contributed by atoms with Crippen LogP contribution in [0, 0.1) is 0 Å². The minimum Gasteiger partial charge on any atom is -0.508 e. The summed E-state index contributed by atoms with van der Waals surface area (Å²) >= 11 is 0. The zero-order chi connectivity index (χ0) is 48.1. The first-order chi connectivity index (χ1) is 30.6. The van der Waals surface area contributed by atoms with Crippen molar-refractivity contribution in [1.29, 1.82) is 0 Å². The molecule has 65 heavy (non-hydrogen) atoms. The van der Waals surface area contributed by atoms with E-state index in [2.05, 4.69) is 0 Å². The number of aryl methyl sites for hydroxylation is 2. The summed E-state index contributed by atoms with van der Waals surface area (Å²) in [5, 5.41) is 21.1. The summed E-state index contributed by atoms with van der Waals surface area (Å²) in [5.41, 5.74) is 0.938. The first kappa shape index (κ1) is 51.0. The smallest absolute Gasteiger partial charge is 0.303 e. The molecule has 356 valence electrons. The third-order valence-electron chi connectivity index (χ3n) is 9.38. The Morgan fingerprint density at radius 1 is 0.446 bits per heavy atom. The van der Waals surface area contributed by atoms with Crippen LogP contribution in [-0.2, 0) is 98.6 Å². The van der Waals surface area contributed by atoms with Crippen LogP contribution in [0.1, 0.15) is 72.9 Å². The van der Waals surface area contributed by atoms with Crippen LogP contribution in [0.25, 0.3) is 0 Å². The fourth-order valence-electron chi connectivity index (χ4n) is 7.01. The molecule has 0 radical (unpaired) electrons. The molecule has 0 aromatic heterocycles. The van der Waals surface area contributed by atoms with Gasteiger partial charge in [-0.25, -0.2) is 0 Å². The summed E-state index contributed by atoms with van der Waals surface area (Å²) in [6.45, 7) is 7.72. The maximum absolute atomic E-state index is 12.4. The zero-order valence-electron chi connectivity index (χ0n) is 36.8. The van der Waals surface area contributed by atoms with Crippen LogP contribution in [0.5, 0.6) is 23.0 Å². The Morgan fingerprint density at radius 3 is 1.06 bits per heavy atom. The van der Waals surface area contributed by atoms with Crippen LogP contribution >= 0.6 is 0 Å². The fourth-order valence-corrected chi connectivity index (χ4v) is 7.01. The SMILES string of the molecule is CC(=O)OC[C@H]1OC(Oc2cc(O)ccc2CCCc2ccc(O)cc2OC2O[C@H](COC(C)=O)[C@@H](OC(C)=O)[C@H](OC(C)=O)[C@H]2OC(C)=O)[C@H](OC(C)=O)[C@@H](OC(C)=O)[C@@H]1OC(C)=O. The topological polar surface area (TPSA) is 288 Å². The van der Waals surface area contributed by atoms with E-state index in [0.29, 0.717) is 17.5 Å². The summed E-state index contributed by atoms with van der Waals surface area (Å²) in [7, 11) is 0. The average Bonchev–Trinajstić information content (AvgIpc) is 3.18. The number of carbonyl (C=O) groups is 8. The Bertz CT molecular complexity index is 1920. The largest absolute Gasteiger partial charge is 0.508 e. The summed E-state index contributed by atoms with van der Waals surface area (Å²) in [4.78, 5) is 97.3. The standard InChI is InChI=1S/C43H52O22/c1-20(44)54-18-34-36(56-22(3)46)38(58-24(5)48)40(60-26(7)50)42(64-34)62-32-16-30(52)14-12-28(32)10-9-11-29-13-15-31(53)17-33(29)63-43-41(61-27(8)51)39(59-25(6)49)37(57-23(4)47)35(65-43)19-55-21(2)45/h12-17,34-43,52-53H,9-11,18-19H2,1-8H3/t34-,35-,36-,37-,38+,39+,40-,41-,42?,43?/m1/s1. The van der Waals surface area contributed by atoms with Crippen molar-refractivity contribution >= 4 is 47.8 Å². The summed E-state index contributed by atoms with van der Waals surface area (Å²) in [5.74, 6) is -6.91. The molecule has 2 aromatic carbocycles. The lowest BCUT2D eigenvalue weighted by Gasteiger charge is -2.44. The lowest BCUT2D eigenvalue weighted by Crippen LogP contribution is -2.63. The molecule has 2 aliphatic rings. The highest BCUT2D eigenvalue weighted by atomic mass is 16.7. The van der Waals surface area contributed by atoms with Gasteiger partial charge >= 0.3 is 47.8 Å². The predicted octanol–water partition coefficient (Wildman–Crippen LogP) is 2.20. The highest BCUT2D eigenvalue weighted by Gasteiger charge is 2.55. The van der Waals surface area contributed by atoms with E-state index in [1.165, 1.54) is 24.3 Å². The van der Waals surface area contributed by atoms with Gasteiger partial charge in [0.1, 0.15) is 48.4 Å². The molecule has 2 aromatic rings. The van der Waals surface area contributed by atoms with Crippen LogP contribution < -0.4 is 9.47 Å². The lowest BCUT2D eigenvalue weighted by atomic mass is 9.97. The first-order valence-corrected chi connectivity index (χ1v) is 20.2. The second-order valence-electron chi connectivity index (χ2n) is 14.8. The van der Waals surface area contributed by atoms with Crippen molar-refractivity contribution in [2.24, 2.45) is 0 Å². The highest BCUT2D eigenvalue weighted by Crippen LogP contribution is 2.36. The highest BCUT2D eigenvalue weighted by molar-refractivity contribution is 5.70. The van der Waals surface area contributed by atoms with E-state index < -0.39 is 122 Å². The molecule has 0 bridgehead atoms. The summed E-state index contributed by atoms with van der Waals surface area (Å²) in [6.07, 6.45) is -14.1. The van der Waals surface area contributed by atoms with Crippen LogP contribution in [-0.4, -0.2) is 133 Å². The predicted molar refractivity (Wildman–Crippen MR) is 213 cm³/mol. The van der Waals surface area contributed by atoms with E-state index in [1.54, 1.807) is 12.1 Å². The number of hydrogen-bond acceptors (Lipinski definition) is 22. The van der Waals surface area contributed by atoms with Gasteiger partial charge in [0.15, 0.2) is 24.4 Å². The van der Waals surface area contributed by atoms with Crippen LogP contribution in [0.3, 0.4) is 0 Å². The number of aromatic hydroxyl groups is 2. The zero-order valence-corrected chi connectivity index (χ0v) is 36.8. The van der Waals surface area contributed by atoms with Gasteiger partial charge in [-0.15, -0.1) is 0 Å². The number of benzene rings is 2. The van der Waals surface area contributed by atoms with Crippen molar-refractivity contribution in [2.75, 3.05) is 13.2 Å². The molecule has 2 N–H and O–H groups in total. The molecule has 0 amide bonds. The third-order valence-corrected chi connectivity index (χ3v) is 9.38. The van der Waals surface area contributed by atoms with Crippen LogP contribution in [0.15, 0.2) is 36.4 Å². The number of hydrogen-bond donors (Lipinski definition) is 2. The Labute approximate surface area is 372 Å². The minimum atomic E-state index is -1.60. The molecular weight excluding hydrogens is 868 g/mol. The molecule has 0 aliphatic carbocycles. The van der Waals surface area contributed by atoms with Crippen molar-refractivity contribution in [1.82, 2.24) is 0 Å². The van der Waals surface area contributed by atoms with E-state index >= 15 is 0 Å². The lowest BCUT2D eigenvalue weighted by molar-refractivity contribution is -0.288. The number of ether oxygens (including phenoxy) is 12. The van der Waals surface area contributed by atoms with Gasteiger partial charge in [0.25, 0.3) is 0 Å². The van der Waals surface area contributed by atoms with Crippen molar-refractivity contribution in [2.45, 2.75) is 136 Å². The number of esters is 8. The molecule has 2 aliphatic heterocycles. The van der Waals surface area contributed by atoms with Gasteiger partial charge in [-0.3, -0.25) is 38.4 Å². The van der Waals surface area contributed by atoms with Gasteiger partial charge in [-0.1, -0.05) is 12.1 Å². The minimum absolute atomic E-state index is 0.0191.